The molecule has 1 aliphatic rings. The van der Waals surface area contributed by atoms with Crippen molar-refractivity contribution >= 4 is 5.91 Å². The average Bonchev–Trinajstić information content (AvgIpc) is 2.68. The number of methoxy groups -OCH3 is 2. The van der Waals surface area contributed by atoms with Crippen molar-refractivity contribution in [2.45, 2.75) is 6.54 Å². The van der Waals surface area contributed by atoms with E-state index in [1.807, 2.05) is 23.1 Å². The molecule has 3 rings (SSSR count). The summed E-state index contributed by atoms with van der Waals surface area (Å²) in [5.41, 5.74) is 1.53. The number of hydrogen-bond acceptors (Lipinski definition) is 4. The number of halogens is 1. The van der Waals surface area contributed by atoms with Gasteiger partial charge in [-0.2, -0.15) is 0 Å². The summed E-state index contributed by atoms with van der Waals surface area (Å²) in [7, 11) is 3.04. The first-order valence-corrected chi connectivity index (χ1v) is 8.59. The molecule has 2 aromatic carbocycles. The molecule has 138 valence electrons. The van der Waals surface area contributed by atoms with Gasteiger partial charge >= 0.3 is 0 Å². The first-order chi connectivity index (χ1) is 12.6. The molecule has 26 heavy (non-hydrogen) atoms. The number of piperazine rings is 1. The summed E-state index contributed by atoms with van der Waals surface area (Å²) in [5, 5.41) is 0. The van der Waals surface area contributed by atoms with Crippen molar-refractivity contribution in [3.05, 3.63) is 59.4 Å². The smallest absolute Gasteiger partial charge is 0.254 e. The molecule has 5 nitrogen and oxygen atoms in total. The maximum atomic E-state index is 13.8. The van der Waals surface area contributed by atoms with Gasteiger partial charge in [0.1, 0.15) is 5.75 Å². The fraction of sp³-hybridized carbons (Fsp3) is 0.350. The van der Waals surface area contributed by atoms with Gasteiger partial charge in [-0.15, -0.1) is 0 Å². The average molecular weight is 358 g/mol. The molecule has 0 unspecified atom stereocenters. The Hall–Kier alpha value is -2.60. The fourth-order valence-corrected chi connectivity index (χ4v) is 3.11. The van der Waals surface area contributed by atoms with Crippen molar-refractivity contribution in [1.82, 2.24) is 9.80 Å². The standard InChI is InChI=1S/C20H23FN2O3/c1-25-17-5-3-4-16(13-17)20(24)23-10-8-22(9-11-23)14-15-6-7-19(26-2)18(21)12-15/h3-7,12-13H,8-11,14H2,1-2H3. The van der Waals surface area contributed by atoms with Crippen molar-refractivity contribution in [3.8, 4) is 11.5 Å². The molecule has 0 N–H and O–H groups in total. The highest BCUT2D eigenvalue weighted by Crippen LogP contribution is 2.20. The third kappa shape index (κ3) is 4.14. The molecule has 1 amide bonds. The highest BCUT2D eigenvalue weighted by atomic mass is 19.1. The normalized spacial score (nSPS) is 15.0. The van der Waals surface area contributed by atoms with E-state index in [1.165, 1.54) is 13.2 Å². The molecule has 0 atom stereocenters. The third-order valence-electron chi connectivity index (χ3n) is 4.60. The van der Waals surface area contributed by atoms with Gasteiger partial charge in [0.25, 0.3) is 5.91 Å². The summed E-state index contributed by atoms with van der Waals surface area (Å²) < 4.78 is 23.9. The van der Waals surface area contributed by atoms with Crippen LogP contribution < -0.4 is 9.47 Å². The molecular weight excluding hydrogens is 335 g/mol. The van der Waals surface area contributed by atoms with Crippen LogP contribution in [0.2, 0.25) is 0 Å². The molecule has 0 aliphatic carbocycles. The molecule has 0 spiro atoms. The molecule has 0 radical (unpaired) electrons. The monoisotopic (exact) mass is 358 g/mol. The van der Waals surface area contributed by atoms with Gasteiger partial charge in [0.15, 0.2) is 11.6 Å². The minimum atomic E-state index is -0.350. The summed E-state index contributed by atoms with van der Waals surface area (Å²) >= 11 is 0. The molecule has 6 heteroatoms. The number of benzene rings is 2. The topological polar surface area (TPSA) is 42.0 Å². The number of ether oxygens (including phenoxy) is 2. The van der Waals surface area contributed by atoms with Crippen LogP contribution in [0.5, 0.6) is 11.5 Å². The number of carbonyl (C=O) groups excluding carboxylic acids is 1. The maximum Gasteiger partial charge on any atom is 0.254 e. The predicted molar refractivity (Wildman–Crippen MR) is 97.1 cm³/mol. The molecular formula is C20H23FN2O3. The molecule has 1 fully saturated rings. The second-order valence-corrected chi connectivity index (χ2v) is 6.27. The summed E-state index contributed by atoms with van der Waals surface area (Å²) in [6.45, 7) is 3.46. The molecule has 1 saturated heterocycles. The van der Waals surface area contributed by atoms with Crippen LogP contribution in [0.25, 0.3) is 0 Å². The minimum Gasteiger partial charge on any atom is -0.497 e. The van der Waals surface area contributed by atoms with E-state index in [2.05, 4.69) is 4.90 Å². The first kappa shape index (κ1) is 18.2. The Labute approximate surface area is 152 Å². The van der Waals surface area contributed by atoms with Crippen LogP contribution in [0, 0.1) is 5.82 Å². The van der Waals surface area contributed by atoms with Crippen LogP contribution in [0.15, 0.2) is 42.5 Å². The van der Waals surface area contributed by atoms with E-state index < -0.39 is 0 Å². The Balaban J connectivity index is 1.57. The predicted octanol–water partition coefficient (Wildman–Crippen LogP) is 2.80. The Morgan fingerprint density at radius 1 is 1.04 bits per heavy atom. The SMILES string of the molecule is COc1cccc(C(=O)N2CCN(Cc3ccc(OC)c(F)c3)CC2)c1. The maximum absolute atomic E-state index is 13.8. The highest BCUT2D eigenvalue weighted by molar-refractivity contribution is 5.94. The largest absolute Gasteiger partial charge is 0.497 e. The second-order valence-electron chi connectivity index (χ2n) is 6.27. The van der Waals surface area contributed by atoms with Crippen molar-refractivity contribution in [2.75, 3.05) is 40.4 Å². The van der Waals surface area contributed by atoms with E-state index in [4.69, 9.17) is 9.47 Å². The second kappa shape index (κ2) is 8.19. The van der Waals surface area contributed by atoms with Crippen molar-refractivity contribution in [1.29, 1.82) is 0 Å². The van der Waals surface area contributed by atoms with Crippen LogP contribution in [0.1, 0.15) is 15.9 Å². The summed E-state index contributed by atoms with van der Waals surface area (Å²) in [5.74, 6) is 0.592. The Morgan fingerprint density at radius 2 is 1.81 bits per heavy atom. The number of amides is 1. The van der Waals surface area contributed by atoms with Gasteiger partial charge in [0.2, 0.25) is 0 Å². The van der Waals surface area contributed by atoms with Crippen LogP contribution in [0.3, 0.4) is 0 Å². The zero-order valence-electron chi connectivity index (χ0n) is 15.1. The van der Waals surface area contributed by atoms with E-state index >= 15 is 0 Å². The summed E-state index contributed by atoms with van der Waals surface area (Å²) in [4.78, 5) is 16.7. The number of rotatable bonds is 5. The van der Waals surface area contributed by atoms with Gasteiger partial charge in [-0.1, -0.05) is 12.1 Å². The van der Waals surface area contributed by atoms with E-state index in [-0.39, 0.29) is 17.5 Å². The zero-order valence-corrected chi connectivity index (χ0v) is 15.1. The minimum absolute atomic E-state index is 0.0130. The first-order valence-electron chi connectivity index (χ1n) is 8.59. The van der Waals surface area contributed by atoms with Gasteiger partial charge < -0.3 is 14.4 Å². The highest BCUT2D eigenvalue weighted by Gasteiger charge is 2.22. The number of carbonyl (C=O) groups is 1. The van der Waals surface area contributed by atoms with Gasteiger partial charge in [-0.25, -0.2) is 4.39 Å². The van der Waals surface area contributed by atoms with Crippen LogP contribution in [0.4, 0.5) is 4.39 Å². The van der Waals surface area contributed by atoms with Crippen LogP contribution in [-0.2, 0) is 6.54 Å². The molecule has 1 heterocycles. The summed E-state index contributed by atoms with van der Waals surface area (Å²) in [6, 6.07) is 12.2. The van der Waals surface area contributed by atoms with Crippen molar-refractivity contribution < 1.29 is 18.7 Å². The van der Waals surface area contributed by atoms with Crippen LogP contribution >= 0.6 is 0 Å². The zero-order chi connectivity index (χ0) is 18.5. The lowest BCUT2D eigenvalue weighted by Crippen LogP contribution is -2.48. The van der Waals surface area contributed by atoms with Gasteiger partial charge in [0, 0.05) is 38.3 Å². The Morgan fingerprint density at radius 3 is 2.46 bits per heavy atom. The molecule has 1 aliphatic heterocycles. The van der Waals surface area contributed by atoms with E-state index in [0.717, 1.165) is 18.7 Å². The molecule has 2 aromatic rings. The number of nitrogens with zero attached hydrogens (tertiary/aromatic N) is 2. The van der Waals surface area contributed by atoms with E-state index in [0.29, 0.717) is 30.9 Å². The summed E-state index contributed by atoms with van der Waals surface area (Å²) in [6.07, 6.45) is 0. The number of hydrogen-bond donors (Lipinski definition) is 0. The lowest BCUT2D eigenvalue weighted by Gasteiger charge is -2.34. The fourth-order valence-electron chi connectivity index (χ4n) is 3.11. The van der Waals surface area contributed by atoms with Crippen LogP contribution in [-0.4, -0.2) is 56.1 Å². The van der Waals surface area contributed by atoms with Gasteiger partial charge in [-0.3, -0.25) is 9.69 Å². The lowest BCUT2D eigenvalue weighted by molar-refractivity contribution is 0.0628. The lowest BCUT2D eigenvalue weighted by atomic mass is 10.1. The molecule has 0 aromatic heterocycles. The van der Waals surface area contributed by atoms with Gasteiger partial charge in [-0.05, 0) is 35.9 Å². The Bertz CT molecular complexity index is 773. The van der Waals surface area contributed by atoms with Gasteiger partial charge in [0.05, 0.1) is 14.2 Å². The molecule has 0 bridgehead atoms. The van der Waals surface area contributed by atoms with Crippen molar-refractivity contribution in [3.63, 3.8) is 0 Å². The van der Waals surface area contributed by atoms with E-state index in [1.54, 1.807) is 25.3 Å². The quantitative estimate of drug-likeness (QED) is 0.824. The molecule has 0 saturated carbocycles. The van der Waals surface area contributed by atoms with Crippen molar-refractivity contribution in [2.24, 2.45) is 0 Å². The van der Waals surface area contributed by atoms with E-state index in [9.17, 15) is 9.18 Å². The third-order valence-corrected chi connectivity index (χ3v) is 4.60. The Kier molecular flexibility index (Phi) is 5.73.